The molecule has 1 aromatic rings. The van der Waals surface area contributed by atoms with Gasteiger partial charge >= 0.3 is 0 Å². The molecule has 0 aromatic carbocycles. The molecular formula is C14H25N3O. The zero-order valence-corrected chi connectivity index (χ0v) is 11.8. The van der Waals surface area contributed by atoms with Gasteiger partial charge in [-0.25, -0.2) is 0 Å². The van der Waals surface area contributed by atoms with Gasteiger partial charge in [0.05, 0.1) is 6.54 Å². The predicted octanol–water partition coefficient (Wildman–Crippen LogP) is 3.25. The van der Waals surface area contributed by atoms with Gasteiger partial charge in [0.1, 0.15) is 0 Å². The quantitative estimate of drug-likeness (QED) is 0.843. The van der Waals surface area contributed by atoms with Gasteiger partial charge in [0.15, 0.2) is 5.82 Å². The molecule has 1 heterocycles. The first-order valence-electron chi connectivity index (χ1n) is 7.28. The molecule has 18 heavy (non-hydrogen) atoms. The first kappa shape index (κ1) is 13.5. The molecule has 1 aliphatic rings. The van der Waals surface area contributed by atoms with Crippen LogP contribution >= 0.6 is 0 Å². The number of rotatable bonds is 6. The molecule has 0 aliphatic heterocycles. The van der Waals surface area contributed by atoms with Crippen molar-refractivity contribution in [2.75, 3.05) is 0 Å². The number of nitrogens with zero attached hydrogens (tertiary/aromatic N) is 2. The lowest BCUT2D eigenvalue weighted by molar-refractivity contribution is 0.351. The second-order valence-electron chi connectivity index (χ2n) is 5.52. The van der Waals surface area contributed by atoms with Crippen molar-refractivity contribution >= 4 is 0 Å². The Balaban J connectivity index is 1.86. The molecule has 2 rings (SSSR count). The zero-order chi connectivity index (χ0) is 13.0. The van der Waals surface area contributed by atoms with E-state index in [1.165, 1.54) is 25.7 Å². The van der Waals surface area contributed by atoms with E-state index in [4.69, 9.17) is 4.52 Å². The second-order valence-corrected chi connectivity index (χ2v) is 5.52. The van der Waals surface area contributed by atoms with Gasteiger partial charge in [-0.3, -0.25) is 0 Å². The van der Waals surface area contributed by atoms with Gasteiger partial charge in [-0.05, 0) is 38.5 Å². The zero-order valence-electron chi connectivity index (χ0n) is 11.8. The molecule has 1 aromatic heterocycles. The van der Waals surface area contributed by atoms with Crippen LogP contribution in [0.3, 0.4) is 0 Å². The van der Waals surface area contributed by atoms with Crippen molar-refractivity contribution in [3.63, 3.8) is 0 Å². The fourth-order valence-corrected chi connectivity index (χ4v) is 2.59. The lowest BCUT2D eigenvalue weighted by Gasteiger charge is -2.07. The van der Waals surface area contributed by atoms with E-state index >= 15 is 0 Å². The fraction of sp³-hybridized carbons (Fsp3) is 0.857. The Morgan fingerprint density at radius 2 is 2.22 bits per heavy atom. The van der Waals surface area contributed by atoms with Crippen LogP contribution in [0.1, 0.15) is 70.5 Å². The van der Waals surface area contributed by atoms with Crippen molar-refractivity contribution in [1.29, 1.82) is 0 Å². The van der Waals surface area contributed by atoms with E-state index in [1.54, 1.807) is 0 Å². The van der Waals surface area contributed by atoms with Crippen molar-refractivity contribution < 1.29 is 4.52 Å². The molecule has 0 spiro atoms. The van der Waals surface area contributed by atoms with Crippen molar-refractivity contribution in [2.24, 2.45) is 5.92 Å². The van der Waals surface area contributed by atoms with E-state index in [-0.39, 0.29) is 0 Å². The van der Waals surface area contributed by atoms with Gasteiger partial charge in [-0.2, -0.15) is 4.98 Å². The van der Waals surface area contributed by atoms with Crippen LogP contribution in [0.5, 0.6) is 0 Å². The van der Waals surface area contributed by atoms with Gasteiger partial charge < -0.3 is 9.84 Å². The van der Waals surface area contributed by atoms with Gasteiger partial charge in [0, 0.05) is 12.0 Å². The van der Waals surface area contributed by atoms with Gasteiger partial charge in [0.2, 0.25) is 5.89 Å². The minimum atomic E-state index is 0.497. The Labute approximate surface area is 110 Å². The van der Waals surface area contributed by atoms with E-state index in [9.17, 15) is 0 Å². The van der Waals surface area contributed by atoms with Crippen LogP contribution < -0.4 is 5.32 Å². The van der Waals surface area contributed by atoms with Gasteiger partial charge in [-0.15, -0.1) is 0 Å². The molecule has 4 nitrogen and oxygen atoms in total. The Morgan fingerprint density at radius 1 is 1.39 bits per heavy atom. The second kappa shape index (κ2) is 6.32. The maximum absolute atomic E-state index is 5.32. The molecule has 0 saturated heterocycles. The van der Waals surface area contributed by atoms with Crippen LogP contribution in [-0.4, -0.2) is 16.2 Å². The van der Waals surface area contributed by atoms with Crippen molar-refractivity contribution in [1.82, 2.24) is 15.5 Å². The summed E-state index contributed by atoms with van der Waals surface area (Å²) in [5.41, 5.74) is 0. The molecule has 1 saturated carbocycles. The van der Waals surface area contributed by atoms with E-state index in [2.05, 4.69) is 36.2 Å². The third-order valence-corrected chi connectivity index (χ3v) is 4.18. The molecule has 102 valence electrons. The van der Waals surface area contributed by atoms with E-state index in [1.807, 2.05) is 0 Å². The summed E-state index contributed by atoms with van der Waals surface area (Å²) >= 11 is 0. The topological polar surface area (TPSA) is 51.0 Å². The third kappa shape index (κ3) is 3.31. The molecule has 0 radical (unpaired) electrons. The smallest absolute Gasteiger partial charge is 0.240 e. The Morgan fingerprint density at radius 3 is 2.89 bits per heavy atom. The first-order valence-corrected chi connectivity index (χ1v) is 7.28. The molecule has 1 N–H and O–H groups in total. The SMILES string of the molecule is CCC1CCC(c2noc(CNC(C)CC)n2)C1. The fourth-order valence-electron chi connectivity index (χ4n) is 2.59. The molecular weight excluding hydrogens is 226 g/mol. The first-order chi connectivity index (χ1) is 8.72. The number of hydrogen-bond donors (Lipinski definition) is 1. The summed E-state index contributed by atoms with van der Waals surface area (Å²) in [6.45, 7) is 7.29. The van der Waals surface area contributed by atoms with E-state index < -0.39 is 0 Å². The van der Waals surface area contributed by atoms with Gasteiger partial charge in [0.25, 0.3) is 0 Å². The van der Waals surface area contributed by atoms with E-state index in [0.29, 0.717) is 18.5 Å². The Kier molecular flexibility index (Phi) is 4.75. The van der Waals surface area contributed by atoms with Crippen LogP contribution in [0.25, 0.3) is 0 Å². The summed E-state index contributed by atoms with van der Waals surface area (Å²) < 4.78 is 5.32. The normalized spacial score (nSPS) is 25.5. The molecule has 0 amide bonds. The van der Waals surface area contributed by atoms with E-state index in [0.717, 1.165) is 24.1 Å². The minimum Gasteiger partial charge on any atom is -0.338 e. The van der Waals surface area contributed by atoms with Crippen molar-refractivity contribution in [3.8, 4) is 0 Å². The summed E-state index contributed by atoms with van der Waals surface area (Å²) in [5.74, 6) is 3.03. The molecule has 4 heteroatoms. The van der Waals surface area contributed by atoms with Crippen LogP contribution in [0.2, 0.25) is 0 Å². The average molecular weight is 251 g/mol. The van der Waals surface area contributed by atoms with Crippen LogP contribution in [-0.2, 0) is 6.54 Å². The minimum absolute atomic E-state index is 0.497. The molecule has 3 atom stereocenters. The molecule has 3 unspecified atom stereocenters. The summed E-state index contributed by atoms with van der Waals surface area (Å²) in [5, 5.41) is 7.52. The van der Waals surface area contributed by atoms with Crippen molar-refractivity contribution in [3.05, 3.63) is 11.7 Å². The largest absolute Gasteiger partial charge is 0.338 e. The maximum Gasteiger partial charge on any atom is 0.240 e. The summed E-state index contributed by atoms with van der Waals surface area (Å²) in [6, 6.07) is 0.497. The average Bonchev–Trinajstić information content (AvgIpc) is 3.03. The standard InChI is InChI=1S/C14H25N3O/c1-4-10(3)15-9-13-16-14(17-18-13)12-7-6-11(5-2)8-12/h10-12,15H,4-9H2,1-3H3. The third-order valence-electron chi connectivity index (χ3n) is 4.18. The molecule has 1 fully saturated rings. The highest BCUT2D eigenvalue weighted by atomic mass is 16.5. The van der Waals surface area contributed by atoms with Crippen molar-refractivity contribution in [2.45, 2.75) is 71.4 Å². The molecule has 1 aliphatic carbocycles. The highest BCUT2D eigenvalue weighted by molar-refractivity contribution is 4.99. The summed E-state index contributed by atoms with van der Waals surface area (Å²) in [4.78, 5) is 4.53. The Hall–Kier alpha value is -0.900. The van der Waals surface area contributed by atoms with Crippen LogP contribution in [0, 0.1) is 5.92 Å². The predicted molar refractivity (Wildman–Crippen MR) is 71.3 cm³/mol. The molecule has 0 bridgehead atoms. The maximum atomic E-state index is 5.32. The lowest BCUT2D eigenvalue weighted by Crippen LogP contribution is -2.24. The highest BCUT2D eigenvalue weighted by Gasteiger charge is 2.28. The number of hydrogen-bond acceptors (Lipinski definition) is 4. The highest BCUT2D eigenvalue weighted by Crippen LogP contribution is 2.38. The summed E-state index contributed by atoms with van der Waals surface area (Å²) in [7, 11) is 0. The Bertz CT molecular complexity index is 364. The number of aromatic nitrogens is 2. The monoisotopic (exact) mass is 251 g/mol. The summed E-state index contributed by atoms with van der Waals surface area (Å²) in [6.07, 6.45) is 6.15. The van der Waals surface area contributed by atoms with Gasteiger partial charge in [-0.1, -0.05) is 25.4 Å². The van der Waals surface area contributed by atoms with Crippen LogP contribution in [0.4, 0.5) is 0 Å². The number of nitrogens with one attached hydrogen (secondary N) is 1. The lowest BCUT2D eigenvalue weighted by atomic mass is 10.0. The van der Waals surface area contributed by atoms with Crippen LogP contribution in [0.15, 0.2) is 4.52 Å².